The van der Waals surface area contributed by atoms with Crippen LogP contribution < -0.4 is 9.57 Å². The van der Waals surface area contributed by atoms with Crippen LogP contribution >= 0.6 is 11.6 Å². The van der Waals surface area contributed by atoms with E-state index >= 15 is 0 Å². The summed E-state index contributed by atoms with van der Waals surface area (Å²) in [4.78, 5) is 2.24. The first kappa shape index (κ1) is 18.0. The average molecular weight is 391 g/mol. The molecule has 3 aromatic rings. The Hall–Kier alpha value is -2.84. The number of hydrogen-bond donors (Lipinski definition) is 2. The van der Waals surface area contributed by atoms with Crippen LogP contribution in [0.5, 0.6) is 5.75 Å². The molecule has 9 heteroatoms. The van der Waals surface area contributed by atoms with E-state index in [0.717, 1.165) is 11.3 Å². The summed E-state index contributed by atoms with van der Waals surface area (Å²) in [7, 11) is -2.18. The number of rotatable bonds is 6. The largest absolute Gasteiger partial charge is 0.497 e. The summed E-state index contributed by atoms with van der Waals surface area (Å²) in [5.41, 5.74) is 2.21. The van der Waals surface area contributed by atoms with Crippen molar-refractivity contribution >= 4 is 27.8 Å². The molecular formula is C17H15ClN4O3S. The second kappa shape index (κ2) is 7.59. The van der Waals surface area contributed by atoms with Gasteiger partial charge in [-0.2, -0.15) is 18.6 Å². The third-order valence-corrected chi connectivity index (χ3v) is 5.04. The predicted octanol–water partition coefficient (Wildman–Crippen LogP) is 3.05. The molecule has 0 unspecified atom stereocenters. The first-order valence-corrected chi connectivity index (χ1v) is 9.34. The molecule has 2 N–H and O–H groups in total. The number of nitrogens with zero attached hydrogens (tertiary/aromatic N) is 2. The molecule has 0 atom stereocenters. The Morgan fingerprint density at radius 1 is 1.15 bits per heavy atom. The van der Waals surface area contributed by atoms with Crippen LogP contribution in [0, 0.1) is 0 Å². The lowest BCUT2D eigenvalue weighted by Crippen LogP contribution is -2.18. The fourth-order valence-electron chi connectivity index (χ4n) is 2.21. The standard InChI is InChI=1S/C17H15ClN4O3S/c1-25-15-6-2-12(3-7-15)17-13(10-19-21-17)11-20-22-26(23,24)16-8-4-14(18)5-9-16/h2-11,22H,1H3,(H,19,21). The first-order chi connectivity index (χ1) is 12.5. The van der Waals surface area contributed by atoms with E-state index in [1.54, 1.807) is 13.3 Å². The SMILES string of the molecule is COc1ccc(-c2[nH]ncc2C=NNS(=O)(=O)c2ccc(Cl)cc2)cc1. The number of halogens is 1. The van der Waals surface area contributed by atoms with E-state index in [0.29, 0.717) is 16.3 Å². The monoisotopic (exact) mass is 390 g/mol. The third kappa shape index (κ3) is 4.04. The number of aromatic nitrogens is 2. The maximum atomic E-state index is 12.2. The number of sulfonamides is 1. The van der Waals surface area contributed by atoms with Gasteiger partial charge in [-0.25, -0.2) is 4.83 Å². The van der Waals surface area contributed by atoms with Gasteiger partial charge in [0.05, 0.1) is 30.1 Å². The molecule has 134 valence electrons. The molecule has 3 rings (SSSR count). The van der Waals surface area contributed by atoms with E-state index in [1.165, 1.54) is 30.5 Å². The van der Waals surface area contributed by atoms with Crippen molar-refractivity contribution < 1.29 is 13.2 Å². The Morgan fingerprint density at radius 2 is 1.85 bits per heavy atom. The number of ether oxygens (including phenoxy) is 1. The van der Waals surface area contributed by atoms with Gasteiger partial charge in [-0.1, -0.05) is 11.6 Å². The minimum absolute atomic E-state index is 0.0709. The van der Waals surface area contributed by atoms with Crippen molar-refractivity contribution in [3.63, 3.8) is 0 Å². The lowest BCUT2D eigenvalue weighted by Gasteiger charge is -2.04. The highest BCUT2D eigenvalue weighted by Crippen LogP contribution is 2.22. The number of nitrogens with one attached hydrogen (secondary N) is 2. The molecule has 2 aromatic carbocycles. The van der Waals surface area contributed by atoms with Gasteiger partial charge in [0.15, 0.2) is 0 Å². The van der Waals surface area contributed by atoms with Crippen LogP contribution in [0.2, 0.25) is 5.02 Å². The lowest BCUT2D eigenvalue weighted by molar-refractivity contribution is 0.415. The summed E-state index contributed by atoms with van der Waals surface area (Å²) >= 11 is 5.77. The van der Waals surface area contributed by atoms with Gasteiger partial charge in [0, 0.05) is 16.1 Å². The van der Waals surface area contributed by atoms with Crippen molar-refractivity contribution in [3.8, 4) is 17.0 Å². The fourth-order valence-corrected chi connectivity index (χ4v) is 3.13. The number of H-pyrrole nitrogens is 1. The zero-order valence-electron chi connectivity index (χ0n) is 13.7. The molecule has 0 amide bonds. The van der Waals surface area contributed by atoms with E-state index in [2.05, 4.69) is 20.1 Å². The van der Waals surface area contributed by atoms with Crippen LogP contribution in [0.1, 0.15) is 5.56 Å². The highest BCUT2D eigenvalue weighted by Gasteiger charge is 2.12. The number of hydrazone groups is 1. The van der Waals surface area contributed by atoms with E-state index in [-0.39, 0.29) is 4.90 Å². The molecule has 0 fully saturated rings. The summed E-state index contributed by atoms with van der Waals surface area (Å²) in [5.74, 6) is 0.735. The summed E-state index contributed by atoms with van der Waals surface area (Å²) < 4.78 is 29.5. The zero-order valence-corrected chi connectivity index (χ0v) is 15.3. The van der Waals surface area contributed by atoms with Crippen molar-refractivity contribution in [2.45, 2.75) is 4.90 Å². The third-order valence-electron chi connectivity index (χ3n) is 3.55. The van der Waals surface area contributed by atoms with Crippen LogP contribution in [0.3, 0.4) is 0 Å². The van der Waals surface area contributed by atoms with E-state index in [9.17, 15) is 8.42 Å². The molecule has 1 heterocycles. The summed E-state index contributed by atoms with van der Waals surface area (Å²) in [6.45, 7) is 0. The molecule has 0 radical (unpaired) electrons. The molecular weight excluding hydrogens is 376 g/mol. The zero-order chi connectivity index (χ0) is 18.6. The van der Waals surface area contributed by atoms with E-state index in [4.69, 9.17) is 16.3 Å². The summed E-state index contributed by atoms with van der Waals surface area (Å²) in [6.07, 6.45) is 2.94. The maximum absolute atomic E-state index is 12.2. The molecule has 0 spiro atoms. The first-order valence-electron chi connectivity index (χ1n) is 7.48. The number of benzene rings is 2. The molecule has 26 heavy (non-hydrogen) atoms. The number of methoxy groups -OCH3 is 1. The Labute approximate surface area is 155 Å². The Balaban J connectivity index is 1.77. The average Bonchev–Trinajstić information content (AvgIpc) is 3.10. The van der Waals surface area contributed by atoms with Crippen LogP contribution in [0.25, 0.3) is 11.3 Å². The fraction of sp³-hybridized carbons (Fsp3) is 0.0588. The lowest BCUT2D eigenvalue weighted by atomic mass is 10.1. The second-order valence-electron chi connectivity index (χ2n) is 5.24. The van der Waals surface area contributed by atoms with Crippen molar-refractivity contribution in [2.75, 3.05) is 7.11 Å². The van der Waals surface area contributed by atoms with Crippen LogP contribution in [0.4, 0.5) is 0 Å². The summed E-state index contributed by atoms with van der Waals surface area (Å²) in [5, 5.41) is 11.1. The predicted molar refractivity (Wildman–Crippen MR) is 99.9 cm³/mol. The van der Waals surface area contributed by atoms with Gasteiger partial charge in [-0.3, -0.25) is 5.10 Å². The molecule has 0 saturated heterocycles. The quantitative estimate of drug-likeness (QED) is 0.499. The molecule has 0 aliphatic heterocycles. The van der Waals surface area contributed by atoms with Crippen molar-refractivity contribution in [1.29, 1.82) is 0 Å². The summed E-state index contributed by atoms with van der Waals surface area (Å²) in [6, 6.07) is 13.2. The second-order valence-corrected chi connectivity index (χ2v) is 7.33. The molecule has 7 nitrogen and oxygen atoms in total. The highest BCUT2D eigenvalue weighted by atomic mass is 35.5. The van der Waals surface area contributed by atoms with Gasteiger partial charge in [-0.15, -0.1) is 0 Å². The van der Waals surface area contributed by atoms with Crippen molar-refractivity contribution in [3.05, 3.63) is 65.3 Å². The molecule has 0 bridgehead atoms. The van der Waals surface area contributed by atoms with E-state index in [1.807, 2.05) is 24.3 Å². The van der Waals surface area contributed by atoms with Crippen molar-refractivity contribution in [2.24, 2.45) is 5.10 Å². The van der Waals surface area contributed by atoms with Gasteiger partial charge in [0.25, 0.3) is 10.0 Å². The molecule has 1 aromatic heterocycles. The Bertz CT molecular complexity index is 1010. The Kier molecular flexibility index (Phi) is 5.24. The highest BCUT2D eigenvalue weighted by molar-refractivity contribution is 7.89. The van der Waals surface area contributed by atoms with Gasteiger partial charge in [0.1, 0.15) is 5.75 Å². The minimum atomic E-state index is -3.77. The normalized spacial score (nSPS) is 11.6. The Morgan fingerprint density at radius 3 is 2.50 bits per heavy atom. The number of hydrogen-bond acceptors (Lipinski definition) is 5. The minimum Gasteiger partial charge on any atom is -0.497 e. The van der Waals surface area contributed by atoms with E-state index < -0.39 is 10.0 Å². The van der Waals surface area contributed by atoms with Crippen LogP contribution in [-0.4, -0.2) is 31.9 Å². The molecule has 0 aliphatic carbocycles. The smallest absolute Gasteiger partial charge is 0.276 e. The van der Waals surface area contributed by atoms with Gasteiger partial charge in [0.2, 0.25) is 0 Å². The van der Waals surface area contributed by atoms with Gasteiger partial charge < -0.3 is 4.74 Å². The molecule has 0 aliphatic rings. The van der Waals surface area contributed by atoms with Crippen LogP contribution in [-0.2, 0) is 10.0 Å². The topological polar surface area (TPSA) is 96.4 Å². The van der Waals surface area contributed by atoms with Gasteiger partial charge >= 0.3 is 0 Å². The van der Waals surface area contributed by atoms with Crippen LogP contribution in [0.15, 0.2) is 64.7 Å². The van der Waals surface area contributed by atoms with Crippen molar-refractivity contribution in [1.82, 2.24) is 15.0 Å². The number of aromatic amines is 1. The molecule has 0 saturated carbocycles. The van der Waals surface area contributed by atoms with Gasteiger partial charge in [-0.05, 0) is 48.5 Å². The maximum Gasteiger partial charge on any atom is 0.276 e.